The third-order valence-electron chi connectivity index (χ3n) is 4.20. The molecule has 0 saturated heterocycles. The Morgan fingerprint density at radius 3 is 2.56 bits per heavy atom. The zero-order chi connectivity index (χ0) is 19.4. The van der Waals surface area contributed by atoms with Gasteiger partial charge in [0, 0.05) is 5.56 Å². The zero-order valence-electron chi connectivity index (χ0n) is 14.8. The molecular weight excluding hydrogens is 350 g/mol. The van der Waals surface area contributed by atoms with E-state index in [0.717, 1.165) is 0 Å². The topological polar surface area (TPSA) is 114 Å². The lowest BCUT2D eigenvalue weighted by atomic mass is 10.0. The quantitative estimate of drug-likeness (QED) is 0.569. The van der Waals surface area contributed by atoms with Crippen molar-refractivity contribution in [3.05, 3.63) is 59.9 Å². The number of aromatic nitrogens is 2. The maximum Gasteiger partial charge on any atom is 0.331 e. The Labute approximate surface area is 155 Å². The van der Waals surface area contributed by atoms with Crippen LogP contribution in [0.25, 0.3) is 11.0 Å². The molecule has 0 aliphatic carbocycles. The molecule has 27 heavy (non-hydrogen) atoms. The van der Waals surface area contributed by atoms with Crippen LogP contribution in [0.1, 0.15) is 22.0 Å². The molecule has 3 N–H and O–H groups in total. The molecule has 1 aromatic heterocycles. The number of aromatic amines is 1. The lowest BCUT2D eigenvalue weighted by Crippen LogP contribution is -2.45. The van der Waals surface area contributed by atoms with Gasteiger partial charge in [-0.05, 0) is 35.9 Å². The molecule has 0 aliphatic heterocycles. The van der Waals surface area contributed by atoms with Crippen LogP contribution in [0.3, 0.4) is 0 Å². The van der Waals surface area contributed by atoms with Crippen LogP contribution in [-0.2, 0) is 9.53 Å². The van der Waals surface area contributed by atoms with Crippen LogP contribution in [0.5, 0.6) is 5.75 Å². The molecule has 3 aromatic rings. The monoisotopic (exact) mass is 369 g/mol. The Bertz CT molecular complexity index is 951. The molecule has 1 amide bonds. The van der Waals surface area contributed by atoms with Crippen molar-refractivity contribution < 1.29 is 24.2 Å². The summed E-state index contributed by atoms with van der Waals surface area (Å²) in [6.45, 7) is 0. The number of hydrogen-bond donors (Lipinski definition) is 3. The number of amides is 1. The standard InChI is InChI=1S/C19H19N3O5/c1-26-13-6-3-11(4-7-13)17(23)16(19(25)27-2)22-18(24)12-5-8-14-15(9-12)21-10-20-14/h3-10,16-17,23H,1-2H3,(H,20,21)(H,22,24). The van der Waals surface area contributed by atoms with Crippen molar-refractivity contribution in [2.45, 2.75) is 12.1 Å². The van der Waals surface area contributed by atoms with E-state index in [9.17, 15) is 14.7 Å². The first-order valence-electron chi connectivity index (χ1n) is 8.17. The van der Waals surface area contributed by atoms with Crippen LogP contribution in [0.15, 0.2) is 48.8 Å². The van der Waals surface area contributed by atoms with Crippen molar-refractivity contribution in [3.63, 3.8) is 0 Å². The fourth-order valence-electron chi connectivity index (χ4n) is 2.69. The summed E-state index contributed by atoms with van der Waals surface area (Å²) < 4.78 is 9.82. The Kier molecular flexibility index (Phi) is 5.37. The van der Waals surface area contributed by atoms with Crippen LogP contribution < -0.4 is 10.1 Å². The number of hydrogen-bond acceptors (Lipinski definition) is 6. The van der Waals surface area contributed by atoms with Gasteiger partial charge in [0.1, 0.15) is 11.9 Å². The Morgan fingerprint density at radius 2 is 1.89 bits per heavy atom. The number of ether oxygens (including phenoxy) is 2. The second-order valence-corrected chi connectivity index (χ2v) is 5.83. The first-order chi connectivity index (χ1) is 13.0. The Morgan fingerprint density at radius 1 is 1.15 bits per heavy atom. The Balaban J connectivity index is 1.82. The highest BCUT2D eigenvalue weighted by atomic mass is 16.5. The van der Waals surface area contributed by atoms with Gasteiger partial charge in [-0.15, -0.1) is 0 Å². The molecule has 140 valence electrons. The van der Waals surface area contributed by atoms with Crippen molar-refractivity contribution in [3.8, 4) is 5.75 Å². The molecule has 0 fully saturated rings. The number of nitrogens with zero attached hydrogens (tertiary/aromatic N) is 1. The van der Waals surface area contributed by atoms with E-state index in [1.165, 1.54) is 20.5 Å². The number of carbonyl (C=O) groups excluding carboxylic acids is 2. The highest BCUT2D eigenvalue weighted by Gasteiger charge is 2.31. The fraction of sp³-hybridized carbons (Fsp3) is 0.211. The molecule has 8 heteroatoms. The van der Waals surface area contributed by atoms with Crippen molar-refractivity contribution >= 4 is 22.9 Å². The van der Waals surface area contributed by atoms with E-state index in [4.69, 9.17) is 9.47 Å². The predicted octanol–water partition coefficient (Wildman–Crippen LogP) is 1.58. The van der Waals surface area contributed by atoms with Gasteiger partial charge in [0.2, 0.25) is 0 Å². The summed E-state index contributed by atoms with van der Waals surface area (Å²) in [5.41, 5.74) is 2.17. The molecule has 0 saturated carbocycles. The lowest BCUT2D eigenvalue weighted by Gasteiger charge is -2.22. The van der Waals surface area contributed by atoms with Crippen molar-refractivity contribution in [1.82, 2.24) is 15.3 Å². The average molecular weight is 369 g/mol. The minimum Gasteiger partial charge on any atom is -0.497 e. The van der Waals surface area contributed by atoms with E-state index in [0.29, 0.717) is 27.9 Å². The van der Waals surface area contributed by atoms with Gasteiger partial charge in [-0.1, -0.05) is 12.1 Å². The number of benzene rings is 2. The van der Waals surface area contributed by atoms with Gasteiger partial charge < -0.3 is 24.9 Å². The Hall–Kier alpha value is -3.39. The van der Waals surface area contributed by atoms with E-state index in [-0.39, 0.29) is 0 Å². The lowest BCUT2D eigenvalue weighted by molar-refractivity contribution is -0.146. The molecule has 0 bridgehead atoms. The molecule has 0 radical (unpaired) electrons. The van der Waals surface area contributed by atoms with Crippen molar-refractivity contribution in [1.29, 1.82) is 0 Å². The zero-order valence-corrected chi connectivity index (χ0v) is 14.8. The minimum atomic E-state index is -1.29. The van der Waals surface area contributed by atoms with Gasteiger partial charge in [0.15, 0.2) is 6.04 Å². The van der Waals surface area contributed by atoms with E-state index in [2.05, 4.69) is 15.3 Å². The van der Waals surface area contributed by atoms with E-state index >= 15 is 0 Å². The van der Waals surface area contributed by atoms with Gasteiger partial charge >= 0.3 is 5.97 Å². The molecule has 0 spiro atoms. The van der Waals surface area contributed by atoms with Crippen LogP contribution in [0, 0.1) is 0 Å². The summed E-state index contributed by atoms with van der Waals surface area (Å²) in [5, 5.41) is 13.1. The molecule has 0 aliphatic rings. The molecule has 2 aromatic carbocycles. The number of carbonyl (C=O) groups is 2. The maximum absolute atomic E-state index is 12.6. The van der Waals surface area contributed by atoms with Crippen LogP contribution in [-0.4, -0.2) is 47.2 Å². The van der Waals surface area contributed by atoms with Crippen molar-refractivity contribution in [2.24, 2.45) is 0 Å². The fourth-order valence-corrected chi connectivity index (χ4v) is 2.69. The molecule has 1 heterocycles. The average Bonchev–Trinajstić information content (AvgIpc) is 3.18. The summed E-state index contributed by atoms with van der Waals surface area (Å²) in [5.74, 6) is -0.666. The third-order valence-corrected chi connectivity index (χ3v) is 4.20. The summed E-state index contributed by atoms with van der Waals surface area (Å²) in [6.07, 6.45) is 0.236. The molecule has 3 rings (SSSR count). The van der Waals surface area contributed by atoms with Gasteiger partial charge in [-0.25, -0.2) is 9.78 Å². The number of aliphatic hydroxyl groups excluding tert-OH is 1. The number of imidazole rings is 1. The van der Waals surface area contributed by atoms with Gasteiger partial charge in [0.25, 0.3) is 5.91 Å². The summed E-state index contributed by atoms with van der Waals surface area (Å²) in [6, 6.07) is 10.2. The number of rotatable bonds is 6. The largest absolute Gasteiger partial charge is 0.497 e. The normalized spacial score (nSPS) is 13.0. The van der Waals surface area contributed by atoms with E-state index in [1.54, 1.807) is 42.5 Å². The molecule has 2 atom stereocenters. The smallest absolute Gasteiger partial charge is 0.331 e. The number of esters is 1. The summed E-state index contributed by atoms with van der Waals surface area (Å²) >= 11 is 0. The van der Waals surface area contributed by atoms with Gasteiger partial charge in [0.05, 0.1) is 31.6 Å². The molecular formula is C19H19N3O5. The molecule has 8 nitrogen and oxygen atoms in total. The third kappa shape index (κ3) is 3.90. The van der Waals surface area contributed by atoms with E-state index in [1.807, 2.05) is 0 Å². The first kappa shape index (κ1) is 18.4. The highest BCUT2D eigenvalue weighted by Crippen LogP contribution is 2.21. The van der Waals surface area contributed by atoms with Crippen LogP contribution >= 0.6 is 0 Å². The number of aliphatic hydroxyl groups is 1. The summed E-state index contributed by atoms with van der Waals surface area (Å²) in [7, 11) is 2.72. The van der Waals surface area contributed by atoms with Crippen molar-refractivity contribution in [2.75, 3.05) is 14.2 Å². The van der Waals surface area contributed by atoms with E-state index < -0.39 is 24.0 Å². The first-order valence-corrected chi connectivity index (χ1v) is 8.17. The van der Waals surface area contributed by atoms with Gasteiger partial charge in [-0.2, -0.15) is 0 Å². The maximum atomic E-state index is 12.6. The number of H-pyrrole nitrogens is 1. The minimum absolute atomic E-state index is 0.322. The number of methoxy groups -OCH3 is 2. The van der Waals surface area contributed by atoms with Gasteiger partial charge in [-0.3, -0.25) is 4.79 Å². The second-order valence-electron chi connectivity index (χ2n) is 5.83. The SMILES string of the molecule is COC(=O)C(NC(=O)c1ccc2nc[nH]c2c1)C(O)c1ccc(OC)cc1. The second kappa shape index (κ2) is 7.88. The molecule has 2 unspecified atom stereocenters. The van der Waals surface area contributed by atoms with Crippen LogP contribution in [0.4, 0.5) is 0 Å². The highest BCUT2D eigenvalue weighted by molar-refractivity contribution is 5.99. The number of fused-ring (bicyclic) bond motifs is 1. The van der Waals surface area contributed by atoms with Crippen LogP contribution in [0.2, 0.25) is 0 Å². The predicted molar refractivity (Wildman–Crippen MR) is 97.3 cm³/mol. The summed E-state index contributed by atoms with van der Waals surface area (Å²) in [4.78, 5) is 31.8. The number of nitrogens with one attached hydrogen (secondary N) is 2.